The van der Waals surface area contributed by atoms with Gasteiger partial charge in [-0.25, -0.2) is 0 Å². The molecular formula is C26H42O4. The second-order valence-corrected chi connectivity index (χ2v) is 11.9. The third-order valence-electron chi connectivity index (χ3n) is 9.57. The van der Waals surface area contributed by atoms with E-state index in [1.165, 1.54) is 31.3 Å². The van der Waals surface area contributed by atoms with E-state index in [1.54, 1.807) is 0 Å². The zero-order valence-electron chi connectivity index (χ0n) is 19.6. The predicted octanol–water partition coefficient (Wildman–Crippen LogP) is 5.22. The highest BCUT2D eigenvalue weighted by Crippen LogP contribution is 2.64. The van der Waals surface area contributed by atoms with Crippen LogP contribution in [0.25, 0.3) is 0 Å². The van der Waals surface area contributed by atoms with Crippen LogP contribution in [-0.2, 0) is 9.53 Å². The monoisotopic (exact) mass is 418 g/mol. The summed E-state index contributed by atoms with van der Waals surface area (Å²) < 4.78 is 6.08. The number of rotatable bonds is 5. The lowest BCUT2D eigenvalue weighted by Crippen LogP contribution is -2.53. The summed E-state index contributed by atoms with van der Waals surface area (Å²) in [5.41, 5.74) is 1.10. The van der Waals surface area contributed by atoms with E-state index >= 15 is 0 Å². The zero-order valence-corrected chi connectivity index (χ0v) is 19.6. The van der Waals surface area contributed by atoms with E-state index in [1.807, 2.05) is 0 Å². The van der Waals surface area contributed by atoms with Crippen molar-refractivity contribution in [1.82, 2.24) is 0 Å². The van der Waals surface area contributed by atoms with Crippen molar-refractivity contribution in [3.8, 4) is 0 Å². The molecule has 0 spiro atoms. The van der Waals surface area contributed by atoms with Crippen LogP contribution in [0.5, 0.6) is 0 Å². The van der Waals surface area contributed by atoms with Crippen molar-refractivity contribution in [3.63, 3.8) is 0 Å². The van der Waals surface area contributed by atoms with Gasteiger partial charge in [-0.3, -0.25) is 4.79 Å². The number of ether oxygens (including phenoxy) is 1. The number of fused-ring (bicyclic) bond motifs is 4. The van der Waals surface area contributed by atoms with Crippen LogP contribution in [0.2, 0.25) is 0 Å². The molecule has 2 fully saturated rings. The number of aliphatic hydroxyl groups is 2. The van der Waals surface area contributed by atoms with Gasteiger partial charge in [0.2, 0.25) is 0 Å². The lowest BCUT2D eigenvalue weighted by atomic mass is 9.54. The molecule has 2 saturated carbocycles. The minimum atomic E-state index is -0.825. The van der Waals surface area contributed by atoms with Crippen molar-refractivity contribution in [1.29, 1.82) is 0 Å². The van der Waals surface area contributed by atoms with E-state index in [9.17, 15) is 15.0 Å². The first-order chi connectivity index (χ1) is 14.1. The SMILES string of the molecule is CC(C)CCC[C@@H](C)[C@H]1CC[C@H]2C3=C(CC[C@]12C)[C@@]1(C)C[C@@H](O)[C@H](O)C[C@@H]1C(=O)O3. The van der Waals surface area contributed by atoms with Gasteiger partial charge in [-0.05, 0) is 67.3 Å². The summed E-state index contributed by atoms with van der Waals surface area (Å²) >= 11 is 0. The van der Waals surface area contributed by atoms with Gasteiger partial charge in [0.15, 0.2) is 0 Å². The Bertz CT molecular complexity index is 712. The minimum absolute atomic E-state index is 0.181. The normalized spacial score (nSPS) is 44.4. The fourth-order valence-electron chi connectivity index (χ4n) is 7.71. The summed E-state index contributed by atoms with van der Waals surface area (Å²) in [6, 6.07) is 0. The lowest BCUT2D eigenvalue weighted by Gasteiger charge is -2.53. The molecule has 1 aliphatic heterocycles. The maximum atomic E-state index is 13.0. The van der Waals surface area contributed by atoms with Crippen LogP contribution in [0.15, 0.2) is 11.3 Å². The highest BCUT2D eigenvalue weighted by molar-refractivity contribution is 5.77. The molecule has 0 radical (unpaired) electrons. The van der Waals surface area contributed by atoms with E-state index < -0.39 is 12.2 Å². The Balaban J connectivity index is 1.58. The second kappa shape index (κ2) is 7.92. The molecule has 170 valence electrons. The molecular weight excluding hydrogens is 376 g/mol. The summed E-state index contributed by atoms with van der Waals surface area (Å²) in [5, 5.41) is 20.6. The van der Waals surface area contributed by atoms with Crippen LogP contribution in [-0.4, -0.2) is 28.4 Å². The highest BCUT2D eigenvalue weighted by atomic mass is 16.5. The van der Waals surface area contributed by atoms with Gasteiger partial charge in [-0.1, -0.05) is 53.9 Å². The molecule has 30 heavy (non-hydrogen) atoms. The Morgan fingerprint density at radius 2 is 1.80 bits per heavy atom. The number of carbonyl (C=O) groups is 1. The summed E-state index contributed by atoms with van der Waals surface area (Å²) in [7, 11) is 0. The quantitative estimate of drug-likeness (QED) is 0.600. The number of hydrogen-bond donors (Lipinski definition) is 2. The van der Waals surface area contributed by atoms with Crippen LogP contribution in [0.4, 0.5) is 0 Å². The molecule has 0 amide bonds. The molecule has 0 aromatic carbocycles. The number of allylic oxidation sites excluding steroid dienone is 2. The molecule has 3 aliphatic carbocycles. The van der Waals surface area contributed by atoms with Crippen LogP contribution in [0.3, 0.4) is 0 Å². The maximum Gasteiger partial charge on any atom is 0.315 e. The van der Waals surface area contributed by atoms with E-state index in [4.69, 9.17) is 4.74 Å². The fourth-order valence-corrected chi connectivity index (χ4v) is 7.71. The summed E-state index contributed by atoms with van der Waals surface area (Å²) in [4.78, 5) is 13.0. The molecule has 4 nitrogen and oxygen atoms in total. The standard InChI is InChI=1S/C26H42O4/c1-15(2)7-6-8-16(3)17-9-10-18-23-19(11-12-25(17,18)4)26(5)14-22(28)21(27)13-20(26)24(29)30-23/h15-18,20-22,27-28H,6-14H2,1-5H3/t16-,17-,18+,20-,21-,22-,25-,26-/m1/s1. The summed E-state index contributed by atoms with van der Waals surface area (Å²) in [6.07, 6.45) is 7.53. The highest BCUT2D eigenvalue weighted by Gasteiger charge is 2.60. The molecule has 4 rings (SSSR count). The average Bonchev–Trinajstić information content (AvgIpc) is 3.01. The first kappa shape index (κ1) is 22.3. The Labute approximate surface area is 182 Å². The number of esters is 1. The van der Waals surface area contributed by atoms with E-state index in [-0.39, 0.29) is 22.7 Å². The molecule has 0 bridgehead atoms. The number of aliphatic hydroxyl groups excluding tert-OH is 2. The largest absolute Gasteiger partial charge is 0.431 e. The Kier molecular flexibility index (Phi) is 5.89. The van der Waals surface area contributed by atoms with Crippen molar-refractivity contribution in [2.45, 2.75) is 105 Å². The number of hydrogen-bond acceptors (Lipinski definition) is 4. The minimum Gasteiger partial charge on any atom is -0.431 e. The number of carbonyl (C=O) groups excluding carboxylic acids is 1. The summed E-state index contributed by atoms with van der Waals surface area (Å²) in [5.74, 6) is 2.93. The van der Waals surface area contributed by atoms with E-state index in [2.05, 4.69) is 34.6 Å². The van der Waals surface area contributed by atoms with Gasteiger partial charge in [0.1, 0.15) is 5.76 Å². The fraction of sp³-hybridized carbons (Fsp3) is 0.885. The third-order valence-corrected chi connectivity index (χ3v) is 9.57. The van der Waals surface area contributed by atoms with Crippen LogP contribution in [0, 0.1) is 40.4 Å². The Morgan fingerprint density at radius 1 is 1.07 bits per heavy atom. The van der Waals surface area contributed by atoms with Gasteiger partial charge < -0.3 is 14.9 Å². The maximum absolute atomic E-state index is 13.0. The summed E-state index contributed by atoms with van der Waals surface area (Å²) in [6.45, 7) is 11.6. The van der Waals surface area contributed by atoms with Crippen molar-refractivity contribution in [3.05, 3.63) is 11.3 Å². The van der Waals surface area contributed by atoms with Crippen LogP contribution >= 0.6 is 0 Å². The van der Waals surface area contributed by atoms with Crippen molar-refractivity contribution < 1.29 is 19.7 Å². The zero-order chi connectivity index (χ0) is 21.8. The molecule has 1 heterocycles. The second-order valence-electron chi connectivity index (χ2n) is 11.9. The lowest BCUT2D eigenvalue weighted by molar-refractivity contribution is -0.165. The molecule has 0 aromatic heterocycles. The van der Waals surface area contributed by atoms with Crippen molar-refractivity contribution >= 4 is 5.97 Å². The molecule has 0 saturated heterocycles. The average molecular weight is 419 g/mol. The molecule has 0 unspecified atom stereocenters. The topological polar surface area (TPSA) is 66.8 Å². The van der Waals surface area contributed by atoms with E-state index in [0.29, 0.717) is 30.6 Å². The van der Waals surface area contributed by atoms with E-state index in [0.717, 1.165) is 30.9 Å². The first-order valence-corrected chi connectivity index (χ1v) is 12.4. The third kappa shape index (κ3) is 3.46. The molecule has 0 aromatic rings. The smallest absolute Gasteiger partial charge is 0.315 e. The van der Waals surface area contributed by atoms with Gasteiger partial charge in [-0.15, -0.1) is 0 Å². The van der Waals surface area contributed by atoms with Crippen LogP contribution < -0.4 is 0 Å². The van der Waals surface area contributed by atoms with Gasteiger partial charge >= 0.3 is 5.97 Å². The van der Waals surface area contributed by atoms with Crippen molar-refractivity contribution in [2.24, 2.45) is 40.4 Å². The molecule has 2 N–H and O–H groups in total. The van der Waals surface area contributed by atoms with Gasteiger partial charge in [0, 0.05) is 11.3 Å². The predicted molar refractivity (Wildman–Crippen MR) is 117 cm³/mol. The Hall–Kier alpha value is -0.870. The molecule has 4 aliphatic rings. The van der Waals surface area contributed by atoms with Crippen LogP contribution in [0.1, 0.15) is 92.4 Å². The molecule has 8 atom stereocenters. The first-order valence-electron chi connectivity index (χ1n) is 12.4. The van der Waals surface area contributed by atoms with Gasteiger partial charge in [0.05, 0.1) is 18.1 Å². The Morgan fingerprint density at radius 3 is 2.50 bits per heavy atom. The van der Waals surface area contributed by atoms with Gasteiger partial charge in [0.25, 0.3) is 0 Å². The van der Waals surface area contributed by atoms with Gasteiger partial charge in [-0.2, -0.15) is 0 Å². The molecule has 4 heteroatoms. The van der Waals surface area contributed by atoms with Crippen molar-refractivity contribution in [2.75, 3.05) is 0 Å².